The van der Waals surface area contributed by atoms with Gasteiger partial charge in [-0.1, -0.05) is 29.8 Å². The topological polar surface area (TPSA) is 41.8 Å². The van der Waals surface area contributed by atoms with Crippen molar-refractivity contribution in [3.05, 3.63) is 58.1 Å². The van der Waals surface area contributed by atoms with Crippen molar-refractivity contribution in [3.63, 3.8) is 0 Å². The van der Waals surface area contributed by atoms with Gasteiger partial charge in [-0.2, -0.15) is 26.3 Å². The van der Waals surface area contributed by atoms with Crippen molar-refractivity contribution in [1.29, 1.82) is 0 Å². The average Bonchev–Trinajstić information content (AvgIpc) is 2.99. The molecule has 0 fully saturated rings. The van der Waals surface area contributed by atoms with E-state index in [0.717, 1.165) is 18.2 Å². The van der Waals surface area contributed by atoms with Gasteiger partial charge in [0.1, 0.15) is 0 Å². The van der Waals surface area contributed by atoms with E-state index in [-0.39, 0.29) is 16.8 Å². The Labute approximate surface area is 167 Å². The van der Waals surface area contributed by atoms with Gasteiger partial charge in [0.2, 0.25) is 0 Å². The third kappa shape index (κ3) is 4.38. The molecule has 1 aromatic heterocycles. The van der Waals surface area contributed by atoms with Gasteiger partial charge in [0, 0.05) is 11.1 Å². The number of para-hydroxylation sites is 1. The maximum absolute atomic E-state index is 13.4. The first kappa shape index (κ1) is 21.5. The van der Waals surface area contributed by atoms with E-state index in [2.05, 4.69) is 4.98 Å². The van der Waals surface area contributed by atoms with E-state index in [1.165, 1.54) is 18.2 Å². The van der Waals surface area contributed by atoms with Crippen LogP contribution in [0.2, 0.25) is 5.02 Å². The van der Waals surface area contributed by atoms with Crippen LogP contribution in [0.4, 0.5) is 26.3 Å². The summed E-state index contributed by atoms with van der Waals surface area (Å²) in [5.41, 5.74) is 4.30. The molecular formula is C20H17ClF6N2. The molecule has 0 aliphatic rings. The van der Waals surface area contributed by atoms with Crippen molar-refractivity contribution in [2.75, 3.05) is 6.54 Å². The first-order valence-corrected chi connectivity index (χ1v) is 9.19. The number of benzene rings is 2. The summed E-state index contributed by atoms with van der Waals surface area (Å²) in [7, 11) is 0. The van der Waals surface area contributed by atoms with Crippen LogP contribution in [0.15, 0.2) is 36.4 Å². The van der Waals surface area contributed by atoms with E-state index in [1.54, 1.807) is 0 Å². The molecular weight excluding hydrogens is 418 g/mol. The lowest BCUT2D eigenvalue weighted by atomic mass is 9.98. The van der Waals surface area contributed by atoms with Crippen LogP contribution in [0.1, 0.15) is 29.5 Å². The van der Waals surface area contributed by atoms with E-state index in [9.17, 15) is 26.3 Å². The Morgan fingerprint density at radius 3 is 2.21 bits per heavy atom. The number of halogens is 7. The van der Waals surface area contributed by atoms with Crippen molar-refractivity contribution in [3.8, 4) is 11.3 Å². The van der Waals surface area contributed by atoms with Crippen molar-refractivity contribution < 1.29 is 26.3 Å². The SMILES string of the molecule is NCCCCc1c(-c2ccc(Cl)c(C(F)(F)F)c2)[nH]c2c(C(F)(F)F)cccc12. The summed E-state index contributed by atoms with van der Waals surface area (Å²) in [6, 6.07) is 7.07. The molecule has 3 aromatic rings. The molecule has 29 heavy (non-hydrogen) atoms. The fourth-order valence-electron chi connectivity index (χ4n) is 3.36. The second-order valence-corrected chi connectivity index (χ2v) is 7.05. The van der Waals surface area contributed by atoms with Crippen LogP contribution < -0.4 is 5.73 Å². The summed E-state index contributed by atoms with van der Waals surface area (Å²) >= 11 is 5.68. The van der Waals surface area contributed by atoms with Gasteiger partial charge in [0.25, 0.3) is 0 Å². The molecule has 0 bridgehead atoms. The summed E-state index contributed by atoms with van der Waals surface area (Å²) in [6.07, 6.45) is -7.69. The van der Waals surface area contributed by atoms with Gasteiger partial charge in [-0.3, -0.25) is 0 Å². The zero-order chi connectivity index (χ0) is 21.4. The summed E-state index contributed by atoms with van der Waals surface area (Å²) in [5.74, 6) is 0. The molecule has 0 amide bonds. The first-order valence-electron chi connectivity index (χ1n) is 8.82. The van der Waals surface area contributed by atoms with Crippen LogP contribution in [0.25, 0.3) is 22.2 Å². The Morgan fingerprint density at radius 1 is 0.897 bits per heavy atom. The number of unbranched alkanes of at least 4 members (excludes halogenated alkanes) is 1. The number of fused-ring (bicyclic) bond motifs is 1. The lowest BCUT2D eigenvalue weighted by Gasteiger charge is -2.12. The predicted molar refractivity (Wildman–Crippen MR) is 101 cm³/mol. The zero-order valence-corrected chi connectivity index (χ0v) is 15.8. The maximum atomic E-state index is 13.4. The Morgan fingerprint density at radius 2 is 1.59 bits per heavy atom. The monoisotopic (exact) mass is 434 g/mol. The normalized spacial score (nSPS) is 12.7. The number of alkyl halides is 6. The van der Waals surface area contributed by atoms with Crippen molar-refractivity contribution in [1.82, 2.24) is 4.98 Å². The van der Waals surface area contributed by atoms with E-state index in [1.807, 2.05) is 0 Å². The summed E-state index contributed by atoms with van der Waals surface area (Å²) in [5, 5.41) is -0.145. The molecule has 1 heterocycles. The molecule has 3 N–H and O–H groups in total. The second kappa shape index (κ2) is 7.91. The van der Waals surface area contributed by atoms with Crippen LogP contribution in [0.5, 0.6) is 0 Å². The second-order valence-electron chi connectivity index (χ2n) is 6.64. The number of aryl methyl sites for hydroxylation is 1. The van der Waals surface area contributed by atoms with E-state index in [4.69, 9.17) is 17.3 Å². The van der Waals surface area contributed by atoms with Crippen LogP contribution in [0, 0.1) is 0 Å². The number of nitrogens with one attached hydrogen (secondary N) is 1. The Hall–Kier alpha value is -2.19. The van der Waals surface area contributed by atoms with Crippen LogP contribution >= 0.6 is 11.6 Å². The molecule has 0 aliphatic heterocycles. The van der Waals surface area contributed by atoms with Crippen molar-refractivity contribution >= 4 is 22.5 Å². The number of nitrogens with two attached hydrogens (primary N) is 1. The fraction of sp³-hybridized carbons (Fsp3) is 0.300. The largest absolute Gasteiger partial charge is 0.418 e. The Balaban J connectivity index is 2.25. The van der Waals surface area contributed by atoms with Gasteiger partial charge in [-0.05, 0) is 55.1 Å². The molecule has 9 heteroatoms. The molecule has 156 valence electrons. The van der Waals surface area contributed by atoms with E-state index >= 15 is 0 Å². The molecule has 0 saturated carbocycles. The number of hydrogen-bond donors (Lipinski definition) is 2. The highest BCUT2D eigenvalue weighted by atomic mass is 35.5. The summed E-state index contributed by atoms with van der Waals surface area (Å²) in [4.78, 5) is 2.72. The first-order chi connectivity index (χ1) is 13.5. The third-order valence-corrected chi connectivity index (χ3v) is 5.02. The molecule has 2 aromatic carbocycles. The maximum Gasteiger partial charge on any atom is 0.418 e. The highest BCUT2D eigenvalue weighted by Crippen LogP contribution is 2.41. The average molecular weight is 435 g/mol. The molecule has 0 saturated heterocycles. The number of aromatic nitrogens is 1. The van der Waals surface area contributed by atoms with Crippen LogP contribution in [0.3, 0.4) is 0 Å². The number of H-pyrrole nitrogens is 1. The van der Waals surface area contributed by atoms with Gasteiger partial charge >= 0.3 is 12.4 Å². The highest BCUT2D eigenvalue weighted by Gasteiger charge is 2.35. The quantitative estimate of drug-likeness (QED) is 0.336. The zero-order valence-electron chi connectivity index (χ0n) is 15.0. The fourth-order valence-corrected chi connectivity index (χ4v) is 3.58. The lowest BCUT2D eigenvalue weighted by molar-refractivity contribution is -0.137. The Kier molecular flexibility index (Phi) is 5.87. The number of hydrogen-bond acceptors (Lipinski definition) is 1. The standard InChI is InChI=1S/C20H17ClF6N2/c21-16-8-7-11(10-15(16)20(25,26)27)17-12(4-1-2-9-28)13-5-3-6-14(18(13)29-17)19(22,23)24/h3,5-8,10,29H,1-2,4,9,28H2. The van der Waals surface area contributed by atoms with Crippen LogP contribution in [-0.4, -0.2) is 11.5 Å². The molecule has 0 spiro atoms. The minimum absolute atomic E-state index is 0.119. The number of rotatable bonds is 5. The third-order valence-electron chi connectivity index (χ3n) is 4.69. The minimum atomic E-state index is -4.68. The van der Waals surface area contributed by atoms with E-state index in [0.29, 0.717) is 36.8 Å². The van der Waals surface area contributed by atoms with Gasteiger partial charge in [0.05, 0.1) is 21.7 Å². The smallest absolute Gasteiger partial charge is 0.354 e. The summed E-state index contributed by atoms with van der Waals surface area (Å²) in [6.45, 7) is 0.407. The van der Waals surface area contributed by atoms with Crippen LogP contribution in [-0.2, 0) is 18.8 Å². The van der Waals surface area contributed by atoms with Gasteiger partial charge < -0.3 is 10.7 Å². The van der Waals surface area contributed by atoms with Crippen molar-refractivity contribution in [2.45, 2.75) is 31.6 Å². The lowest BCUT2D eigenvalue weighted by Crippen LogP contribution is -2.06. The molecule has 0 aliphatic carbocycles. The predicted octanol–water partition coefficient (Wildman–Crippen LogP) is 6.81. The highest BCUT2D eigenvalue weighted by molar-refractivity contribution is 6.31. The summed E-state index contributed by atoms with van der Waals surface area (Å²) < 4.78 is 80.1. The van der Waals surface area contributed by atoms with Crippen molar-refractivity contribution in [2.24, 2.45) is 5.73 Å². The Bertz CT molecular complexity index is 1020. The van der Waals surface area contributed by atoms with E-state index < -0.39 is 28.5 Å². The molecule has 3 rings (SSSR count). The molecule has 0 radical (unpaired) electrons. The number of aromatic amines is 1. The minimum Gasteiger partial charge on any atom is -0.354 e. The van der Waals surface area contributed by atoms with Gasteiger partial charge in [-0.25, -0.2) is 0 Å². The van der Waals surface area contributed by atoms with Gasteiger partial charge in [0.15, 0.2) is 0 Å². The molecule has 0 unspecified atom stereocenters. The molecule has 2 nitrogen and oxygen atoms in total. The molecule has 0 atom stereocenters. The van der Waals surface area contributed by atoms with Gasteiger partial charge in [-0.15, -0.1) is 0 Å².